The van der Waals surface area contributed by atoms with Crippen molar-refractivity contribution in [2.75, 3.05) is 11.9 Å². The minimum absolute atomic E-state index is 0.0647. The Labute approximate surface area is 174 Å². The third-order valence-corrected chi connectivity index (χ3v) is 4.49. The lowest BCUT2D eigenvalue weighted by Crippen LogP contribution is -2.09. The van der Waals surface area contributed by atoms with Crippen molar-refractivity contribution in [3.8, 4) is 23.4 Å². The van der Waals surface area contributed by atoms with Crippen molar-refractivity contribution in [2.45, 2.75) is 20.0 Å². The predicted molar refractivity (Wildman–Crippen MR) is 116 cm³/mol. The van der Waals surface area contributed by atoms with Crippen molar-refractivity contribution >= 4 is 22.3 Å². The number of aromatic nitrogens is 3. The first-order valence-electron chi connectivity index (χ1n) is 9.59. The fourth-order valence-corrected chi connectivity index (χ4v) is 3.00. The highest BCUT2D eigenvalue weighted by Crippen LogP contribution is 2.29. The van der Waals surface area contributed by atoms with Crippen LogP contribution in [0.1, 0.15) is 13.8 Å². The summed E-state index contributed by atoms with van der Waals surface area (Å²) >= 11 is 0. The SMILES string of the molecule is CC(C)Oc1ccc(N(C)c2ccc(Oc3nc(O)c4ccncc4n3)cc2)cc1. The molecule has 4 rings (SSSR count). The molecule has 0 amide bonds. The number of ether oxygens (including phenoxy) is 2. The normalized spacial score (nSPS) is 10.9. The van der Waals surface area contributed by atoms with E-state index in [0.29, 0.717) is 16.7 Å². The molecule has 0 bridgehead atoms. The molecule has 0 saturated heterocycles. The van der Waals surface area contributed by atoms with E-state index in [-0.39, 0.29) is 18.0 Å². The van der Waals surface area contributed by atoms with Crippen LogP contribution in [0, 0.1) is 0 Å². The number of anilines is 2. The highest BCUT2D eigenvalue weighted by atomic mass is 16.5. The summed E-state index contributed by atoms with van der Waals surface area (Å²) in [5.41, 5.74) is 2.54. The zero-order valence-corrected chi connectivity index (χ0v) is 17.0. The van der Waals surface area contributed by atoms with Gasteiger partial charge in [-0.1, -0.05) is 0 Å². The molecule has 0 aliphatic carbocycles. The van der Waals surface area contributed by atoms with Gasteiger partial charge < -0.3 is 19.5 Å². The van der Waals surface area contributed by atoms with Crippen molar-refractivity contribution in [1.29, 1.82) is 0 Å². The molecule has 0 atom stereocenters. The van der Waals surface area contributed by atoms with Crippen LogP contribution in [0.15, 0.2) is 67.0 Å². The van der Waals surface area contributed by atoms with Gasteiger partial charge in [0.25, 0.3) is 0 Å². The Morgan fingerprint density at radius 2 is 1.50 bits per heavy atom. The quantitative estimate of drug-likeness (QED) is 0.482. The third kappa shape index (κ3) is 4.25. The van der Waals surface area contributed by atoms with Gasteiger partial charge in [-0.3, -0.25) is 4.98 Å². The van der Waals surface area contributed by atoms with E-state index in [4.69, 9.17) is 9.47 Å². The Balaban J connectivity index is 1.48. The molecule has 2 aromatic heterocycles. The number of rotatable bonds is 6. The van der Waals surface area contributed by atoms with Crippen molar-refractivity contribution in [3.05, 3.63) is 67.0 Å². The minimum Gasteiger partial charge on any atom is -0.493 e. The van der Waals surface area contributed by atoms with Gasteiger partial charge in [0.2, 0.25) is 5.88 Å². The monoisotopic (exact) mass is 402 g/mol. The summed E-state index contributed by atoms with van der Waals surface area (Å²) in [6.45, 7) is 4.01. The molecule has 7 nitrogen and oxygen atoms in total. The molecule has 0 spiro atoms. The topological polar surface area (TPSA) is 80.6 Å². The molecule has 2 heterocycles. The molecule has 0 unspecified atom stereocenters. The lowest BCUT2D eigenvalue weighted by molar-refractivity contribution is 0.242. The second-order valence-electron chi connectivity index (χ2n) is 7.04. The number of fused-ring (bicyclic) bond motifs is 1. The molecule has 152 valence electrons. The maximum absolute atomic E-state index is 10.1. The number of aromatic hydroxyl groups is 1. The van der Waals surface area contributed by atoms with Crippen LogP contribution in [-0.2, 0) is 0 Å². The average molecular weight is 402 g/mol. The zero-order valence-electron chi connectivity index (χ0n) is 17.0. The first-order valence-corrected chi connectivity index (χ1v) is 9.59. The highest BCUT2D eigenvalue weighted by molar-refractivity contribution is 5.82. The maximum Gasteiger partial charge on any atom is 0.325 e. The molecule has 0 aliphatic heterocycles. The van der Waals surface area contributed by atoms with Crippen LogP contribution in [0.3, 0.4) is 0 Å². The first kappa shape index (κ1) is 19.4. The van der Waals surface area contributed by atoms with Crippen LogP contribution >= 0.6 is 0 Å². The molecule has 2 aromatic carbocycles. The average Bonchev–Trinajstić information content (AvgIpc) is 2.74. The molecule has 4 aromatic rings. The molecule has 30 heavy (non-hydrogen) atoms. The Morgan fingerprint density at radius 3 is 2.13 bits per heavy atom. The van der Waals surface area contributed by atoms with E-state index in [2.05, 4.69) is 19.9 Å². The number of hydrogen-bond acceptors (Lipinski definition) is 7. The summed E-state index contributed by atoms with van der Waals surface area (Å²) < 4.78 is 11.4. The van der Waals surface area contributed by atoms with E-state index in [1.54, 1.807) is 18.5 Å². The summed E-state index contributed by atoms with van der Waals surface area (Å²) in [7, 11) is 1.99. The molecule has 1 N–H and O–H groups in total. The van der Waals surface area contributed by atoms with Crippen molar-refractivity contribution in [1.82, 2.24) is 15.0 Å². The zero-order chi connectivity index (χ0) is 21.1. The predicted octanol–water partition coefficient (Wildman–Crippen LogP) is 5.08. The second kappa shape index (κ2) is 8.24. The molecule has 0 saturated carbocycles. The smallest absolute Gasteiger partial charge is 0.325 e. The fourth-order valence-electron chi connectivity index (χ4n) is 3.00. The van der Waals surface area contributed by atoms with Gasteiger partial charge >= 0.3 is 6.01 Å². The summed E-state index contributed by atoms with van der Waals surface area (Å²) in [6.07, 6.45) is 3.27. The number of hydrogen-bond donors (Lipinski definition) is 1. The van der Waals surface area contributed by atoms with Crippen LogP contribution in [0.25, 0.3) is 10.9 Å². The van der Waals surface area contributed by atoms with Crippen molar-refractivity contribution in [3.63, 3.8) is 0 Å². The van der Waals surface area contributed by atoms with E-state index in [0.717, 1.165) is 17.1 Å². The second-order valence-corrected chi connectivity index (χ2v) is 7.04. The van der Waals surface area contributed by atoms with Crippen LogP contribution < -0.4 is 14.4 Å². The maximum atomic E-state index is 10.1. The standard InChI is InChI=1S/C23H22N4O3/c1-15(2)29-18-8-4-16(5-9-18)27(3)17-6-10-19(11-7-17)30-23-25-21-14-24-13-12-20(21)22(28)26-23/h4-15H,1-3H3,(H,25,26,28). The molecule has 7 heteroatoms. The summed E-state index contributed by atoms with van der Waals surface area (Å²) in [6, 6.07) is 17.2. The number of benzene rings is 2. The van der Waals surface area contributed by atoms with E-state index < -0.39 is 0 Å². The van der Waals surface area contributed by atoms with E-state index >= 15 is 0 Å². The minimum atomic E-state index is -0.140. The van der Waals surface area contributed by atoms with E-state index in [1.165, 1.54) is 0 Å². The van der Waals surface area contributed by atoms with Crippen molar-refractivity contribution < 1.29 is 14.6 Å². The van der Waals surface area contributed by atoms with Gasteiger partial charge in [-0.2, -0.15) is 9.97 Å². The van der Waals surface area contributed by atoms with Gasteiger partial charge in [-0.25, -0.2) is 0 Å². The summed E-state index contributed by atoms with van der Waals surface area (Å²) in [5.74, 6) is 1.27. The summed E-state index contributed by atoms with van der Waals surface area (Å²) in [5, 5.41) is 10.6. The van der Waals surface area contributed by atoms with Crippen LogP contribution in [0.2, 0.25) is 0 Å². The lowest BCUT2D eigenvalue weighted by Gasteiger charge is -2.20. The fraction of sp³-hybridized carbons (Fsp3) is 0.174. The van der Waals surface area contributed by atoms with Gasteiger partial charge in [-0.15, -0.1) is 0 Å². The molecule has 0 aliphatic rings. The van der Waals surface area contributed by atoms with Gasteiger partial charge in [0.05, 0.1) is 23.2 Å². The molecular formula is C23H22N4O3. The molecular weight excluding hydrogens is 380 g/mol. The number of pyridine rings is 1. The third-order valence-electron chi connectivity index (χ3n) is 4.49. The Morgan fingerprint density at radius 1 is 0.867 bits per heavy atom. The Bertz CT molecular complexity index is 1150. The number of nitrogens with zero attached hydrogens (tertiary/aromatic N) is 4. The van der Waals surface area contributed by atoms with Gasteiger partial charge in [0.1, 0.15) is 11.5 Å². The molecule has 0 radical (unpaired) electrons. The Hall–Kier alpha value is -3.87. The summed E-state index contributed by atoms with van der Waals surface area (Å²) in [4.78, 5) is 14.4. The van der Waals surface area contributed by atoms with Crippen molar-refractivity contribution in [2.24, 2.45) is 0 Å². The van der Waals surface area contributed by atoms with Gasteiger partial charge in [-0.05, 0) is 68.4 Å². The van der Waals surface area contributed by atoms with Gasteiger partial charge in [0.15, 0.2) is 0 Å². The first-order chi connectivity index (χ1) is 14.5. The highest BCUT2D eigenvalue weighted by Gasteiger charge is 2.10. The van der Waals surface area contributed by atoms with Crippen LogP contribution in [0.5, 0.6) is 23.4 Å². The Kier molecular flexibility index (Phi) is 5.34. The van der Waals surface area contributed by atoms with E-state index in [9.17, 15) is 5.11 Å². The van der Waals surface area contributed by atoms with E-state index in [1.807, 2.05) is 69.4 Å². The molecule has 0 fully saturated rings. The van der Waals surface area contributed by atoms with Crippen LogP contribution in [-0.4, -0.2) is 33.2 Å². The van der Waals surface area contributed by atoms with Crippen LogP contribution in [0.4, 0.5) is 11.4 Å². The lowest BCUT2D eigenvalue weighted by atomic mass is 10.2. The van der Waals surface area contributed by atoms with Gasteiger partial charge in [0, 0.05) is 24.6 Å². The largest absolute Gasteiger partial charge is 0.493 e.